The van der Waals surface area contributed by atoms with Crippen molar-refractivity contribution in [2.75, 3.05) is 38.2 Å². The van der Waals surface area contributed by atoms with E-state index in [1.54, 1.807) is 23.2 Å². The number of thiocarbonyl (C=S) groups is 1. The minimum absolute atomic E-state index is 0.0553. The second-order valence-electron chi connectivity index (χ2n) is 7.72. The van der Waals surface area contributed by atoms with Gasteiger partial charge in [-0.25, -0.2) is 4.98 Å². The van der Waals surface area contributed by atoms with Gasteiger partial charge in [-0.15, -0.1) is 0 Å². The number of aliphatic hydroxyl groups is 1. The number of rotatable bonds is 12. The van der Waals surface area contributed by atoms with Crippen LogP contribution < -0.4 is 10.9 Å². The predicted molar refractivity (Wildman–Crippen MR) is 137 cm³/mol. The van der Waals surface area contributed by atoms with Gasteiger partial charge in [0.2, 0.25) is 0 Å². The molecule has 2 aromatic heterocycles. The summed E-state index contributed by atoms with van der Waals surface area (Å²) in [5, 5.41) is 12.0. The molecule has 33 heavy (non-hydrogen) atoms. The van der Waals surface area contributed by atoms with Crippen LogP contribution in [-0.2, 0) is 9.53 Å². The lowest BCUT2D eigenvalue weighted by molar-refractivity contribution is -0.122. The smallest absolute Gasteiger partial charge is 0.267 e. The van der Waals surface area contributed by atoms with E-state index in [2.05, 4.69) is 17.2 Å². The van der Waals surface area contributed by atoms with E-state index in [1.165, 1.54) is 16.2 Å². The number of ether oxygens (including phenoxy) is 1. The number of carbonyl (C=O) groups is 1. The number of hydrogen-bond acceptors (Lipinski definition) is 8. The first-order chi connectivity index (χ1) is 16.0. The Bertz CT molecular complexity index is 1100. The monoisotopic (exact) mass is 490 g/mol. The number of unbranched alkanes of at least 4 members (excludes halogenated alkanes) is 3. The van der Waals surface area contributed by atoms with Crippen LogP contribution in [0.2, 0.25) is 0 Å². The summed E-state index contributed by atoms with van der Waals surface area (Å²) in [4.78, 5) is 33.1. The minimum atomic E-state index is -0.268. The number of aliphatic hydroxyl groups excluding tert-OH is 1. The van der Waals surface area contributed by atoms with Crippen LogP contribution in [-0.4, -0.2) is 62.5 Å². The fraction of sp³-hybridized carbons (Fsp3) is 0.478. The highest BCUT2D eigenvalue weighted by molar-refractivity contribution is 8.26. The van der Waals surface area contributed by atoms with Crippen molar-refractivity contribution < 1.29 is 14.6 Å². The van der Waals surface area contributed by atoms with Crippen molar-refractivity contribution in [3.63, 3.8) is 0 Å². The van der Waals surface area contributed by atoms with Crippen LogP contribution in [0.4, 0.5) is 5.82 Å². The molecular formula is C23H30N4O4S2. The van der Waals surface area contributed by atoms with Crippen LogP contribution in [0.5, 0.6) is 0 Å². The molecule has 0 spiro atoms. The van der Waals surface area contributed by atoms with E-state index in [9.17, 15) is 9.59 Å². The lowest BCUT2D eigenvalue weighted by Crippen LogP contribution is -2.29. The standard InChI is InChI=1S/C23H30N4O4S2/c1-3-4-5-6-10-27-22(30)18(33-23(27)32)15-17-19(24-9-13-31-14-12-28)25-20-16(2)8-7-11-26(20)21(17)29/h7-8,11,15,24,28H,3-6,9-10,12-14H2,1-2H3/b18-15+. The number of amides is 1. The Morgan fingerprint density at radius 3 is 2.85 bits per heavy atom. The Hall–Kier alpha value is -2.27. The molecule has 2 N–H and O–H groups in total. The molecule has 10 heteroatoms. The maximum Gasteiger partial charge on any atom is 0.267 e. The summed E-state index contributed by atoms with van der Waals surface area (Å²) in [6.07, 6.45) is 7.45. The van der Waals surface area contributed by atoms with E-state index in [1.807, 2.05) is 13.0 Å². The number of nitrogens with zero attached hydrogens (tertiary/aromatic N) is 3. The Labute approximate surface area is 203 Å². The third-order valence-electron chi connectivity index (χ3n) is 5.24. The van der Waals surface area contributed by atoms with Crippen LogP contribution >= 0.6 is 24.0 Å². The van der Waals surface area contributed by atoms with Gasteiger partial charge in [0, 0.05) is 19.3 Å². The molecule has 0 radical (unpaired) electrons. The number of carbonyl (C=O) groups excluding carboxylic acids is 1. The van der Waals surface area contributed by atoms with Crippen molar-refractivity contribution in [2.45, 2.75) is 39.5 Å². The quantitative estimate of drug-likeness (QED) is 0.266. The van der Waals surface area contributed by atoms with Gasteiger partial charge in [0.05, 0.1) is 30.3 Å². The van der Waals surface area contributed by atoms with Crippen molar-refractivity contribution in [1.82, 2.24) is 14.3 Å². The van der Waals surface area contributed by atoms with Crippen molar-refractivity contribution >= 4 is 51.7 Å². The molecule has 0 aliphatic carbocycles. The van der Waals surface area contributed by atoms with Crippen molar-refractivity contribution in [3.05, 3.63) is 44.7 Å². The van der Waals surface area contributed by atoms with Gasteiger partial charge in [0.15, 0.2) is 0 Å². The summed E-state index contributed by atoms with van der Waals surface area (Å²) in [6, 6.07) is 3.68. The van der Waals surface area contributed by atoms with E-state index in [0.717, 1.165) is 31.2 Å². The lowest BCUT2D eigenvalue weighted by Gasteiger charge is -2.14. The third kappa shape index (κ3) is 6.20. The number of fused-ring (bicyclic) bond motifs is 1. The number of hydrogen-bond donors (Lipinski definition) is 2. The Morgan fingerprint density at radius 1 is 1.27 bits per heavy atom. The van der Waals surface area contributed by atoms with Gasteiger partial charge >= 0.3 is 0 Å². The van der Waals surface area contributed by atoms with E-state index in [-0.39, 0.29) is 24.7 Å². The summed E-state index contributed by atoms with van der Waals surface area (Å²) in [5.41, 5.74) is 1.43. The molecule has 1 fully saturated rings. The Balaban J connectivity index is 1.92. The summed E-state index contributed by atoms with van der Waals surface area (Å²) in [6.45, 7) is 5.54. The number of anilines is 1. The highest BCUT2D eigenvalue weighted by Gasteiger charge is 2.32. The van der Waals surface area contributed by atoms with E-state index in [0.29, 0.717) is 46.0 Å². The van der Waals surface area contributed by atoms with E-state index >= 15 is 0 Å². The second-order valence-corrected chi connectivity index (χ2v) is 9.40. The fourth-order valence-electron chi connectivity index (χ4n) is 3.51. The normalized spacial score (nSPS) is 15.2. The molecule has 8 nitrogen and oxygen atoms in total. The van der Waals surface area contributed by atoms with Crippen LogP contribution in [0.25, 0.3) is 11.7 Å². The largest absolute Gasteiger partial charge is 0.394 e. The first-order valence-corrected chi connectivity index (χ1v) is 12.4. The summed E-state index contributed by atoms with van der Waals surface area (Å²) in [5.74, 6) is 0.211. The van der Waals surface area contributed by atoms with E-state index < -0.39 is 0 Å². The molecule has 1 aliphatic rings. The van der Waals surface area contributed by atoms with Crippen molar-refractivity contribution in [2.24, 2.45) is 0 Å². The van der Waals surface area contributed by atoms with Gasteiger partial charge in [0.25, 0.3) is 11.5 Å². The molecule has 178 valence electrons. The molecule has 0 saturated carbocycles. The average Bonchev–Trinajstić information content (AvgIpc) is 3.06. The molecule has 0 unspecified atom stereocenters. The summed E-state index contributed by atoms with van der Waals surface area (Å²) < 4.78 is 7.30. The number of thioether (sulfide) groups is 1. The fourth-order valence-corrected chi connectivity index (χ4v) is 4.80. The van der Waals surface area contributed by atoms with Crippen LogP contribution in [0.3, 0.4) is 0 Å². The summed E-state index contributed by atoms with van der Waals surface area (Å²) >= 11 is 6.65. The van der Waals surface area contributed by atoms with Gasteiger partial charge < -0.3 is 15.2 Å². The number of aryl methyl sites for hydroxylation is 1. The zero-order valence-corrected chi connectivity index (χ0v) is 20.6. The predicted octanol–water partition coefficient (Wildman–Crippen LogP) is 3.21. The van der Waals surface area contributed by atoms with Gasteiger partial charge in [-0.3, -0.25) is 18.9 Å². The van der Waals surface area contributed by atoms with E-state index in [4.69, 9.17) is 22.1 Å². The maximum atomic E-state index is 13.3. The molecule has 0 aromatic carbocycles. The van der Waals surface area contributed by atoms with Gasteiger partial charge in [-0.05, 0) is 31.1 Å². The third-order valence-corrected chi connectivity index (χ3v) is 6.62. The minimum Gasteiger partial charge on any atom is -0.394 e. The molecule has 3 heterocycles. The number of nitrogens with one attached hydrogen (secondary N) is 1. The van der Waals surface area contributed by atoms with Crippen molar-refractivity contribution in [1.29, 1.82) is 0 Å². The molecular weight excluding hydrogens is 460 g/mol. The molecule has 1 amide bonds. The highest BCUT2D eigenvalue weighted by Crippen LogP contribution is 2.33. The molecule has 2 aromatic rings. The SMILES string of the molecule is CCCCCCN1C(=O)/C(=C\c2c(NCCOCCO)nc3c(C)cccn3c2=O)SC1=S. The zero-order valence-electron chi connectivity index (χ0n) is 19.0. The number of pyridine rings is 1. The van der Waals surface area contributed by atoms with Gasteiger partial charge in [-0.1, -0.05) is 56.2 Å². The zero-order chi connectivity index (χ0) is 23.8. The molecule has 0 bridgehead atoms. The average molecular weight is 491 g/mol. The lowest BCUT2D eigenvalue weighted by atomic mass is 10.2. The molecule has 0 atom stereocenters. The Kier molecular flexibility index (Phi) is 9.42. The summed E-state index contributed by atoms with van der Waals surface area (Å²) in [7, 11) is 0. The number of aromatic nitrogens is 2. The first kappa shape index (κ1) is 25.4. The molecule has 3 rings (SSSR count). The molecule has 1 saturated heterocycles. The highest BCUT2D eigenvalue weighted by atomic mass is 32.2. The molecule has 1 aliphatic heterocycles. The topological polar surface area (TPSA) is 96.2 Å². The van der Waals surface area contributed by atoms with Crippen LogP contribution in [0.1, 0.15) is 43.7 Å². The Morgan fingerprint density at radius 2 is 2.09 bits per heavy atom. The van der Waals surface area contributed by atoms with Gasteiger partial charge in [0.1, 0.15) is 15.8 Å². The maximum absolute atomic E-state index is 13.3. The second kappa shape index (κ2) is 12.3. The first-order valence-electron chi connectivity index (χ1n) is 11.2. The van der Waals surface area contributed by atoms with Crippen LogP contribution in [0.15, 0.2) is 28.0 Å². The van der Waals surface area contributed by atoms with Crippen molar-refractivity contribution in [3.8, 4) is 0 Å². The van der Waals surface area contributed by atoms with Gasteiger partial charge in [-0.2, -0.15) is 0 Å². The van der Waals surface area contributed by atoms with Crippen LogP contribution in [0, 0.1) is 6.92 Å².